The fourth-order valence-corrected chi connectivity index (χ4v) is 4.24. The number of ether oxygens (including phenoxy) is 1. The van der Waals surface area contributed by atoms with Gasteiger partial charge in [-0.2, -0.15) is 0 Å². The van der Waals surface area contributed by atoms with E-state index >= 15 is 0 Å². The molecule has 0 amide bonds. The number of aliphatic hydroxyl groups excluding tert-OH is 1. The average Bonchev–Trinajstić information content (AvgIpc) is 3.16. The third kappa shape index (κ3) is 6.01. The Bertz CT molecular complexity index is 1490. The molecule has 1 N–H and O–H groups in total. The molecule has 2 aromatic heterocycles. The third-order valence-electron chi connectivity index (χ3n) is 6.19. The van der Waals surface area contributed by atoms with Crippen molar-refractivity contribution in [2.45, 2.75) is 65.1 Å². The largest absolute Gasteiger partial charge is 0.573 e. The molecule has 1 aliphatic heterocycles. The zero-order chi connectivity index (χ0) is 26.9. The predicted molar refractivity (Wildman–Crippen MR) is 132 cm³/mol. The number of aryl methyl sites for hydroxylation is 1. The van der Waals surface area contributed by atoms with E-state index in [1.807, 2.05) is 6.92 Å². The normalized spacial score (nSPS) is 15.0. The zero-order valence-corrected chi connectivity index (χ0v) is 20.7. The molecule has 37 heavy (non-hydrogen) atoms. The molecule has 198 valence electrons. The number of aliphatic imine (C=N–C) groups is 1. The summed E-state index contributed by atoms with van der Waals surface area (Å²) in [6, 6.07) is 5.55. The Kier molecular flexibility index (Phi) is 7.39. The second-order valence-electron chi connectivity index (χ2n) is 9.27. The molecule has 1 atom stereocenters. The highest BCUT2D eigenvalue weighted by molar-refractivity contribution is 5.87. The Hall–Kier alpha value is -3.67. The maximum atomic E-state index is 13.5. The molecule has 1 unspecified atom stereocenters. The summed E-state index contributed by atoms with van der Waals surface area (Å²) < 4.78 is 46.3. The Morgan fingerprint density at radius 3 is 2.59 bits per heavy atom. The van der Waals surface area contributed by atoms with E-state index in [-0.39, 0.29) is 42.8 Å². The van der Waals surface area contributed by atoms with Gasteiger partial charge in [0.05, 0.1) is 12.6 Å². The van der Waals surface area contributed by atoms with Gasteiger partial charge in [-0.05, 0) is 50.8 Å². The van der Waals surface area contributed by atoms with Gasteiger partial charge < -0.3 is 14.4 Å². The van der Waals surface area contributed by atoms with Crippen molar-refractivity contribution in [1.82, 2.24) is 18.7 Å². The molecule has 1 aliphatic rings. The summed E-state index contributed by atoms with van der Waals surface area (Å²) in [5.41, 5.74) is 1.67. The van der Waals surface area contributed by atoms with Gasteiger partial charge in [-0.1, -0.05) is 17.7 Å². The second kappa shape index (κ2) is 10.4. The van der Waals surface area contributed by atoms with Crippen LogP contribution in [0.2, 0.25) is 0 Å². The van der Waals surface area contributed by atoms with Crippen LogP contribution >= 0.6 is 0 Å². The third-order valence-corrected chi connectivity index (χ3v) is 6.19. The molecule has 1 aromatic carbocycles. The summed E-state index contributed by atoms with van der Waals surface area (Å²) in [5, 5.41) is 9.69. The van der Waals surface area contributed by atoms with Crippen LogP contribution in [0.3, 0.4) is 0 Å². The van der Waals surface area contributed by atoms with E-state index in [9.17, 15) is 27.9 Å². The first-order valence-corrected chi connectivity index (χ1v) is 11.9. The maximum absolute atomic E-state index is 13.5. The standard InChI is InChI=1S/C25H28F3N5O4/c1-15-7-8-18(29-13-15)14-33-20(12-17-5-4-6-19(11-17)37-25(26,27)28)30-22-21(33)23(35)32(10-9-16(2)34)24(36)31(22)3/h4-6,11,13,16,34H,7-10,12,14H2,1-3H3. The molecule has 0 saturated carbocycles. The van der Waals surface area contributed by atoms with Crippen molar-refractivity contribution >= 4 is 16.9 Å². The van der Waals surface area contributed by atoms with Crippen LogP contribution in [0.25, 0.3) is 11.2 Å². The minimum Gasteiger partial charge on any atom is -0.406 e. The van der Waals surface area contributed by atoms with Crippen LogP contribution in [-0.2, 0) is 26.6 Å². The Labute approximate surface area is 210 Å². The number of nitrogens with zero attached hydrogens (tertiary/aromatic N) is 5. The number of halogens is 3. The molecule has 0 spiro atoms. The van der Waals surface area contributed by atoms with Gasteiger partial charge in [-0.3, -0.25) is 18.9 Å². The van der Waals surface area contributed by atoms with E-state index in [0.29, 0.717) is 17.8 Å². The van der Waals surface area contributed by atoms with Gasteiger partial charge in [0.25, 0.3) is 5.56 Å². The number of benzene rings is 1. The number of aromatic nitrogens is 4. The first-order chi connectivity index (χ1) is 17.4. The minimum atomic E-state index is -4.83. The summed E-state index contributed by atoms with van der Waals surface area (Å²) in [6.07, 6.45) is -1.96. The number of alkyl halides is 3. The number of hydrogen-bond donors (Lipinski definition) is 1. The lowest BCUT2D eigenvalue weighted by atomic mass is 10.1. The van der Waals surface area contributed by atoms with Crippen LogP contribution in [0.4, 0.5) is 13.2 Å². The van der Waals surface area contributed by atoms with Crippen LogP contribution in [-0.4, -0.2) is 42.0 Å². The maximum Gasteiger partial charge on any atom is 0.573 e. The van der Waals surface area contributed by atoms with Crippen LogP contribution in [0.5, 0.6) is 5.75 Å². The molecule has 12 heteroatoms. The molecule has 0 radical (unpaired) electrons. The number of allylic oxidation sites excluding steroid dienone is 1. The SMILES string of the molecule is CC1=CN=C(Cn2c(Cc3cccc(OC(F)(F)F)c3)nc3c2c(=O)n(CCC(C)O)c(=O)n3C)CC1. The summed E-state index contributed by atoms with van der Waals surface area (Å²) in [6.45, 7) is 3.81. The van der Waals surface area contributed by atoms with Gasteiger partial charge in [0.2, 0.25) is 0 Å². The van der Waals surface area contributed by atoms with Crippen molar-refractivity contribution in [1.29, 1.82) is 0 Å². The van der Waals surface area contributed by atoms with Gasteiger partial charge in [0.15, 0.2) is 11.2 Å². The number of aliphatic hydroxyl groups is 1. The van der Waals surface area contributed by atoms with E-state index in [1.54, 1.807) is 23.8 Å². The molecule has 3 heterocycles. The summed E-state index contributed by atoms with van der Waals surface area (Å²) in [7, 11) is 1.51. The topological polar surface area (TPSA) is 104 Å². The van der Waals surface area contributed by atoms with Crippen LogP contribution in [0.15, 0.2) is 50.6 Å². The van der Waals surface area contributed by atoms with Gasteiger partial charge >= 0.3 is 12.1 Å². The Balaban J connectivity index is 1.85. The highest BCUT2D eigenvalue weighted by Crippen LogP contribution is 2.25. The molecule has 9 nitrogen and oxygen atoms in total. The van der Waals surface area contributed by atoms with Gasteiger partial charge in [-0.15, -0.1) is 13.2 Å². The quantitative estimate of drug-likeness (QED) is 0.492. The van der Waals surface area contributed by atoms with Crippen LogP contribution in [0.1, 0.15) is 44.5 Å². The fraction of sp³-hybridized carbons (Fsp3) is 0.440. The summed E-state index contributed by atoms with van der Waals surface area (Å²) in [4.78, 5) is 35.5. The predicted octanol–water partition coefficient (Wildman–Crippen LogP) is 3.30. The van der Waals surface area contributed by atoms with Crippen molar-refractivity contribution in [3.8, 4) is 5.75 Å². The number of fused-ring (bicyclic) bond motifs is 1. The minimum absolute atomic E-state index is 0.0271. The lowest BCUT2D eigenvalue weighted by molar-refractivity contribution is -0.274. The van der Waals surface area contributed by atoms with Crippen molar-refractivity contribution < 1.29 is 23.0 Å². The van der Waals surface area contributed by atoms with Crippen LogP contribution in [0, 0.1) is 0 Å². The lowest BCUT2D eigenvalue weighted by Gasteiger charge is -2.15. The number of rotatable bonds is 8. The highest BCUT2D eigenvalue weighted by Gasteiger charge is 2.31. The molecule has 4 rings (SSSR count). The Morgan fingerprint density at radius 2 is 1.95 bits per heavy atom. The second-order valence-corrected chi connectivity index (χ2v) is 9.27. The fourth-order valence-electron chi connectivity index (χ4n) is 4.24. The van der Waals surface area contributed by atoms with Crippen molar-refractivity contribution in [3.63, 3.8) is 0 Å². The average molecular weight is 520 g/mol. The molecular formula is C25H28F3N5O4. The number of hydrogen-bond acceptors (Lipinski definition) is 6. The van der Waals surface area contributed by atoms with E-state index in [1.165, 1.54) is 29.8 Å². The highest BCUT2D eigenvalue weighted by atomic mass is 19.4. The van der Waals surface area contributed by atoms with E-state index in [4.69, 9.17) is 0 Å². The molecular weight excluding hydrogens is 491 g/mol. The lowest BCUT2D eigenvalue weighted by Crippen LogP contribution is -2.40. The monoisotopic (exact) mass is 519 g/mol. The summed E-state index contributed by atoms with van der Waals surface area (Å²) in [5.74, 6) is 0.0336. The summed E-state index contributed by atoms with van der Waals surface area (Å²) >= 11 is 0. The molecule has 0 aliphatic carbocycles. The first kappa shape index (κ1) is 26.4. The van der Waals surface area contributed by atoms with Gasteiger partial charge in [-0.25, -0.2) is 9.78 Å². The van der Waals surface area contributed by atoms with Crippen LogP contribution < -0.4 is 16.0 Å². The molecule has 3 aromatic rings. The van der Waals surface area contributed by atoms with Crippen molar-refractivity contribution in [3.05, 3.63) is 68.3 Å². The smallest absolute Gasteiger partial charge is 0.406 e. The van der Waals surface area contributed by atoms with Crippen molar-refractivity contribution in [2.75, 3.05) is 0 Å². The number of imidazole rings is 1. The van der Waals surface area contributed by atoms with Gasteiger partial charge in [0.1, 0.15) is 11.6 Å². The molecule has 0 saturated heterocycles. The first-order valence-electron chi connectivity index (χ1n) is 11.9. The zero-order valence-electron chi connectivity index (χ0n) is 20.7. The van der Waals surface area contributed by atoms with E-state index in [2.05, 4.69) is 14.7 Å². The van der Waals surface area contributed by atoms with E-state index < -0.39 is 23.7 Å². The van der Waals surface area contributed by atoms with E-state index in [0.717, 1.165) is 22.3 Å². The Morgan fingerprint density at radius 1 is 1.19 bits per heavy atom. The van der Waals surface area contributed by atoms with Crippen molar-refractivity contribution in [2.24, 2.45) is 12.0 Å². The molecule has 0 fully saturated rings. The molecule has 0 bridgehead atoms. The van der Waals surface area contributed by atoms with Gasteiger partial charge in [0, 0.05) is 31.9 Å².